The second-order valence-electron chi connectivity index (χ2n) is 3.66. The van der Waals surface area contributed by atoms with E-state index in [4.69, 9.17) is 16.7 Å². The quantitative estimate of drug-likeness (QED) is 0.874. The van der Waals surface area contributed by atoms with Gasteiger partial charge < -0.3 is 10.2 Å². The number of carbonyl (C=O) groups is 1. The van der Waals surface area contributed by atoms with Crippen molar-refractivity contribution < 1.29 is 19.4 Å². The maximum absolute atomic E-state index is 13.2. The van der Waals surface area contributed by atoms with E-state index in [1.807, 2.05) is 0 Å². The fourth-order valence-electron chi connectivity index (χ4n) is 1.65. The second-order valence-corrected chi connectivity index (χ2v) is 4.09. The molecule has 0 radical (unpaired) electrons. The van der Waals surface area contributed by atoms with Gasteiger partial charge in [0.25, 0.3) is 0 Å². The zero-order valence-electron chi connectivity index (χ0n) is 9.02. The predicted octanol–water partition coefficient (Wildman–Crippen LogP) is 3.55. The molecule has 0 aromatic heterocycles. The number of phenols is 1. The Hall–Kier alpha value is -2.07. The summed E-state index contributed by atoms with van der Waals surface area (Å²) in [7, 11) is 0. The minimum absolute atomic E-state index is 0.0941. The Bertz CT molecular complexity index is 626. The summed E-state index contributed by atoms with van der Waals surface area (Å²) < 4.78 is 13.2. The first kappa shape index (κ1) is 12.4. The van der Waals surface area contributed by atoms with Crippen molar-refractivity contribution in [2.75, 3.05) is 0 Å². The molecule has 92 valence electrons. The molecule has 0 aliphatic heterocycles. The van der Waals surface area contributed by atoms with E-state index < -0.39 is 11.8 Å². The summed E-state index contributed by atoms with van der Waals surface area (Å²) in [6, 6.07) is 7.50. The molecule has 0 unspecified atom stereocenters. The predicted molar refractivity (Wildman–Crippen MR) is 65.5 cm³/mol. The molecule has 0 saturated carbocycles. The highest BCUT2D eigenvalue weighted by Gasteiger charge is 2.15. The van der Waals surface area contributed by atoms with Gasteiger partial charge in [0.05, 0.1) is 5.56 Å². The van der Waals surface area contributed by atoms with Crippen LogP contribution in [0.1, 0.15) is 10.4 Å². The smallest absolute Gasteiger partial charge is 0.336 e. The lowest BCUT2D eigenvalue weighted by molar-refractivity contribution is 0.0697. The van der Waals surface area contributed by atoms with Gasteiger partial charge in [-0.15, -0.1) is 0 Å². The number of rotatable bonds is 2. The fraction of sp³-hybridized carbons (Fsp3) is 0. The Morgan fingerprint density at radius 1 is 1.11 bits per heavy atom. The molecule has 0 fully saturated rings. The van der Waals surface area contributed by atoms with Crippen LogP contribution in [-0.2, 0) is 0 Å². The van der Waals surface area contributed by atoms with E-state index in [0.29, 0.717) is 0 Å². The Morgan fingerprint density at radius 3 is 2.50 bits per heavy atom. The molecule has 0 bridgehead atoms. The van der Waals surface area contributed by atoms with Crippen molar-refractivity contribution in [3.05, 3.63) is 52.8 Å². The van der Waals surface area contributed by atoms with Gasteiger partial charge in [0.2, 0.25) is 0 Å². The molecule has 0 heterocycles. The summed E-state index contributed by atoms with van der Waals surface area (Å²) in [5.74, 6) is -1.95. The lowest BCUT2D eigenvalue weighted by Crippen LogP contribution is -1.99. The van der Waals surface area contributed by atoms with E-state index in [9.17, 15) is 14.3 Å². The summed E-state index contributed by atoms with van der Waals surface area (Å²) in [4.78, 5) is 11.1. The molecule has 0 aliphatic rings. The first-order chi connectivity index (χ1) is 8.49. The van der Waals surface area contributed by atoms with Crippen LogP contribution in [0.2, 0.25) is 5.02 Å². The van der Waals surface area contributed by atoms with Crippen LogP contribution in [0.4, 0.5) is 4.39 Å². The van der Waals surface area contributed by atoms with Crippen LogP contribution in [0.3, 0.4) is 0 Å². The van der Waals surface area contributed by atoms with Crippen molar-refractivity contribution in [1.82, 2.24) is 0 Å². The molecule has 2 rings (SSSR count). The van der Waals surface area contributed by atoms with Crippen LogP contribution >= 0.6 is 11.6 Å². The molecule has 0 atom stereocenters. The summed E-state index contributed by atoms with van der Waals surface area (Å²) in [6.45, 7) is 0. The summed E-state index contributed by atoms with van der Waals surface area (Å²) >= 11 is 5.72. The van der Waals surface area contributed by atoms with Crippen LogP contribution in [0.15, 0.2) is 36.4 Å². The number of hydrogen-bond acceptors (Lipinski definition) is 2. The van der Waals surface area contributed by atoms with Gasteiger partial charge in [-0.25, -0.2) is 9.18 Å². The number of aromatic hydroxyl groups is 1. The number of aromatic carboxylic acids is 1. The van der Waals surface area contributed by atoms with Crippen molar-refractivity contribution in [3.63, 3.8) is 0 Å². The molecule has 0 spiro atoms. The number of phenolic OH excluding ortho intramolecular Hbond substituents is 1. The van der Waals surface area contributed by atoms with Crippen LogP contribution in [-0.4, -0.2) is 16.2 Å². The lowest BCUT2D eigenvalue weighted by atomic mass is 9.99. The van der Waals surface area contributed by atoms with E-state index >= 15 is 0 Å². The summed E-state index contributed by atoms with van der Waals surface area (Å²) in [5.41, 5.74) is 0.233. The van der Waals surface area contributed by atoms with Crippen molar-refractivity contribution in [1.29, 1.82) is 0 Å². The van der Waals surface area contributed by atoms with Gasteiger partial charge in [0.1, 0.15) is 11.6 Å². The third kappa shape index (κ3) is 2.28. The Kier molecular flexibility index (Phi) is 3.21. The Morgan fingerprint density at radius 2 is 1.83 bits per heavy atom. The molecule has 0 saturated heterocycles. The normalized spacial score (nSPS) is 10.3. The first-order valence-corrected chi connectivity index (χ1v) is 5.38. The van der Waals surface area contributed by atoms with Crippen molar-refractivity contribution in [2.45, 2.75) is 0 Å². The van der Waals surface area contributed by atoms with Gasteiger partial charge in [0.15, 0.2) is 0 Å². The van der Waals surface area contributed by atoms with Gasteiger partial charge in [-0.2, -0.15) is 0 Å². The van der Waals surface area contributed by atoms with E-state index in [2.05, 4.69) is 0 Å². The monoisotopic (exact) mass is 266 g/mol. The van der Waals surface area contributed by atoms with Crippen LogP contribution in [0, 0.1) is 5.82 Å². The maximum Gasteiger partial charge on any atom is 0.336 e. The molecule has 2 aromatic rings. The van der Waals surface area contributed by atoms with Crippen molar-refractivity contribution in [2.24, 2.45) is 0 Å². The van der Waals surface area contributed by atoms with Gasteiger partial charge >= 0.3 is 5.97 Å². The average molecular weight is 267 g/mol. The number of carboxylic acids is 1. The highest BCUT2D eigenvalue weighted by atomic mass is 35.5. The minimum atomic E-state index is -1.20. The van der Waals surface area contributed by atoms with E-state index in [0.717, 1.165) is 12.1 Å². The molecule has 0 aliphatic carbocycles. The molecule has 2 aromatic carbocycles. The van der Waals surface area contributed by atoms with Gasteiger partial charge in [-0.3, -0.25) is 0 Å². The molecular formula is C13H8ClFO3. The average Bonchev–Trinajstić information content (AvgIpc) is 2.32. The van der Waals surface area contributed by atoms with E-state index in [1.54, 1.807) is 0 Å². The summed E-state index contributed by atoms with van der Waals surface area (Å²) in [5, 5.41) is 19.0. The van der Waals surface area contributed by atoms with Crippen LogP contribution < -0.4 is 0 Å². The van der Waals surface area contributed by atoms with Crippen LogP contribution in [0.25, 0.3) is 11.1 Å². The molecular weight excluding hydrogens is 259 g/mol. The molecule has 5 heteroatoms. The standard InChI is InChI=1S/C13H8ClFO3/c14-7-1-3-9(11(5-7)13(17)18)10-6-8(15)2-4-12(10)16/h1-6,16H,(H,17,18). The maximum atomic E-state index is 13.2. The number of halogens is 2. The third-order valence-electron chi connectivity index (χ3n) is 2.46. The zero-order chi connectivity index (χ0) is 13.3. The van der Waals surface area contributed by atoms with Gasteiger partial charge in [-0.1, -0.05) is 17.7 Å². The van der Waals surface area contributed by atoms with Gasteiger partial charge in [0, 0.05) is 16.1 Å². The van der Waals surface area contributed by atoms with Crippen molar-refractivity contribution in [3.8, 4) is 16.9 Å². The van der Waals surface area contributed by atoms with E-state index in [-0.39, 0.29) is 27.5 Å². The summed E-state index contributed by atoms with van der Waals surface area (Å²) in [6.07, 6.45) is 0. The minimum Gasteiger partial charge on any atom is -0.507 e. The fourth-order valence-corrected chi connectivity index (χ4v) is 1.82. The van der Waals surface area contributed by atoms with Crippen LogP contribution in [0.5, 0.6) is 5.75 Å². The highest BCUT2D eigenvalue weighted by molar-refractivity contribution is 6.31. The second kappa shape index (κ2) is 4.66. The zero-order valence-corrected chi connectivity index (χ0v) is 9.78. The SMILES string of the molecule is O=C(O)c1cc(Cl)ccc1-c1cc(F)ccc1O. The van der Waals surface area contributed by atoms with E-state index in [1.165, 1.54) is 24.3 Å². The number of benzene rings is 2. The third-order valence-corrected chi connectivity index (χ3v) is 2.70. The molecule has 0 amide bonds. The highest BCUT2D eigenvalue weighted by Crippen LogP contribution is 2.33. The lowest BCUT2D eigenvalue weighted by Gasteiger charge is -2.09. The Labute approximate surface area is 107 Å². The van der Waals surface area contributed by atoms with Gasteiger partial charge in [-0.05, 0) is 30.3 Å². The molecule has 3 nitrogen and oxygen atoms in total. The Balaban J connectivity index is 2.70. The first-order valence-electron chi connectivity index (χ1n) is 5.01. The topological polar surface area (TPSA) is 57.5 Å². The largest absolute Gasteiger partial charge is 0.507 e. The number of carboxylic acid groups (broad SMARTS) is 1. The molecule has 2 N–H and O–H groups in total. The van der Waals surface area contributed by atoms with Crippen molar-refractivity contribution >= 4 is 17.6 Å². The molecule has 18 heavy (non-hydrogen) atoms. The number of hydrogen-bond donors (Lipinski definition) is 2.